The zero-order valence-electron chi connectivity index (χ0n) is 12.6. The van der Waals surface area contributed by atoms with Crippen molar-refractivity contribution in [2.24, 2.45) is 0 Å². The number of hydrogen-bond donors (Lipinski definition) is 2. The van der Waals surface area contributed by atoms with Crippen LogP contribution in [0.3, 0.4) is 0 Å². The predicted octanol–water partition coefficient (Wildman–Crippen LogP) is 2.75. The van der Waals surface area contributed by atoms with E-state index in [2.05, 4.69) is 5.32 Å². The van der Waals surface area contributed by atoms with Gasteiger partial charge in [-0.15, -0.1) is 11.3 Å². The van der Waals surface area contributed by atoms with Crippen LogP contribution in [-0.4, -0.2) is 28.9 Å². The highest BCUT2D eigenvalue weighted by Crippen LogP contribution is 2.22. The number of carbonyl (C=O) groups excluding carboxylic acids is 2. The molecule has 1 saturated carbocycles. The van der Waals surface area contributed by atoms with Gasteiger partial charge in [-0.3, -0.25) is 9.59 Å². The third kappa shape index (κ3) is 4.64. The maximum Gasteiger partial charge on any atom is 0.220 e. The summed E-state index contributed by atoms with van der Waals surface area (Å²) in [6.45, 7) is 3.93. The average Bonchev–Trinajstić information content (AvgIpc) is 2.78. The predicted molar refractivity (Wildman–Crippen MR) is 83.8 cm³/mol. The van der Waals surface area contributed by atoms with E-state index in [1.807, 2.05) is 19.9 Å². The van der Waals surface area contributed by atoms with Crippen LogP contribution in [0.5, 0.6) is 0 Å². The molecule has 0 bridgehead atoms. The molecule has 2 rings (SSSR count). The van der Waals surface area contributed by atoms with Crippen molar-refractivity contribution in [3.05, 3.63) is 21.4 Å². The first-order chi connectivity index (χ1) is 9.95. The minimum atomic E-state index is -0.218. The number of carbonyl (C=O) groups is 2. The number of Topliss-reactive ketones (excluding diaryl/α,β-unsaturated/α-hetero) is 1. The number of aryl methyl sites for hydroxylation is 2. The molecule has 1 heterocycles. The summed E-state index contributed by atoms with van der Waals surface area (Å²) < 4.78 is 0. The first kappa shape index (κ1) is 16.2. The Balaban J connectivity index is 1.76. The van der Waals surface area contributed by atoms with E-state index < -0.39 is 0 Å². The van der Waals surface area contributed by atoms with Gasteiger partial charge < -0.3 is 10.4 Å². The zero-order chi connectivity index (χ0) is 15.4. The van der Waals surface area contributed by atoms with Crippen LogP contribution in [0, 0.1) is 13.8 Å². The lowest BCUT2D eigenvalue weighted by atomic mass is 9.93. The van der Waals surface area contributed by atoms with Crippen LogP contribution >= 0.6 is 11.3 Å². The van der Waals surface area contributed by atoms with E-state index in [9.17, 15) is 14.7 Å². The van der Waals surface area contributed by atoms with Crippen LogP contribution < -0.4 is 5.32 Å². The number of ketones is 1. The molecule has 1 aromatic heterocycles. The summed E-state index contributed by atoms with van der Waals surface area (Å²) in [6, 6.07) is 2.06. The third-order valence-electron chi connectivity index (χ3n) is 3.98. The molecular weight excluding hydrogens is 286 g/mol. The molecule has 0 spiro atoms. The Morgan fingerprint density at radius 1 is 1.24 bits per heavy atom. The molecule has 0 radical (unpaired) electrons. The van der Waals surface area contributed by atoms with E-state index in [1.165, 1.54) is 0 Å². The molecule has 0 aliphatic heterocycles. The van der Waals surface area contributed by atoms with Crippen molar-refractivity contribution in [2.45, 2.75) is 64.5 Å². The molecule has 1 amide bonds. The number of amides is 1. The molecule has 21 heavy (non-hydrogen) atoms. The number of aliphatic hydroxyl groups is 1. The van der Waals surface area contributed by atoms with Crippen LogP contribution in [0.15, 0.2) is 6.07 Å². The lowest BCUT2D eigenvalue weighted by Gasteiger charge is -2.26. The number of aliphatic hydroxyl groups excluding tert-OH is 1. The zero-order valence-corrected chi connectivity index (χ0v) is 13.5. The molecule has 1 aliphatic rings. The van der Waals surface area contributed by atoms with Gasteiger partial charge in [-0.25, -0.2) is 0 Å². The van der Waals surface area contributed by atoms with Gasteiger partial charge in [0.25, 0.3) is 0 Å². The first-order valence-corrected chi connectivity index (χ1v) is 8.35. The quantitative estimate of drug-likeness (QED) is 0.822. The Morgan fingerprint density at radius 2 is 1.90 bits per heavy atom. The molecule has 1 aromatic rings. The maximum atomic E-state index is 12.1. The van der Waals surface area contributed by atoms with Gasteiger partial charge in [-0.2, -0.15) is 0 Å². The number of nitrogens with one attached hydrogen (secondary N) is 1. The van der Waals surface area contributed by atoms with Gasteiger partial charge in [-0.1, -0.05) is 0 Å². The second-order valence-electron chi connectivity index (χ2n) is 5.82. The van der Waals surface area contributed by atoms with Crippen LogP contribution in [0.2, 0.25) is 0 Å². The van der Waals surface area contributed by atoms with Crippen molar-refractivity contribution in [2.75, 3.05) is 0 Å². The number of hydrogen-bond acceptors (Lipinski definition) is 4. The molecule has 0 atom stereocenters. The van der Waals surface area contributed by atoms with Crippen LogP contribution in [0.25, 0.3) is 0 Å². The molecule has 0 unspecified atom stereocenters. The van der Waals surface area contributed by atoms with Crippen LogP contribution in [-0.2, 0) is 4.79 Å². The van der Waals surface area contributed by atoms with Crippen LogP contribution in [0.1, 0.15) is 58.6 Å². The Bertz CT molecular complexity index is 516. The lowest BCUT2D eigenvalue weighted by Crippen LogP contribution is -2.38. The highest BCUT2D eigenvalue weighted by molar-refractivity contribution is 7.12. The molecule has 116 valence electrons. The first-order valence-electron chi connectivity index (χ1n) is 7.53. The fourth-order valence-electron chi connectivity index (χ4n) is 2.79. The summed E-state index contributed by atoms with van der Waals surface area (Å²) in [4.78, 5) is 26.2. The number of rotatable bonds is 5. The van der Waals surface area contributed by atoms with E-state index in [0.29, 0.717) is 0 Å². The summed E-state index contributed by atoms with van der Waals surface area (Å²) >= 11 is 1.62. The summed E-state index contributed by atoms with van der Waals surface area (Å²) in [5.74, 6) is -0.0135. The van der Waals surface area contributed by atoms with E-state index >= 15 is 0 Å². The fourth-order valence-corrected chi connectivity index (χ4v) is 3.73. The third-order valence-corrected chi connectivity index (χ3v) is 4.95. The highest BCUT2D eigenvalue weighted by atomic mass is 32.1. The Kier molecular flexibility index (Phi) is 5.53. The molecule has 1 fully saturated rings. The minimum absolute atomic E-state index is 0.0473. The van der Waals surface area contributed by atoms with Crippen molar-refractivity contribution in [1.29, 1.82) is 0 Å². The summed E-state index contributed by atoms with van der Waals surface area (Å²) in [5.41, 5.74) is 0.756. The average molecular weight is 309 g/mol. The smallest absolute Gasteiger partial charge is 0.220 e. The van der Waals surface area contributed by atoms with Gasteiger partial charge >= 0.3 is 0 Å². The molecule has 0 aromatic carbocycles. The normalized spacial score (nSPS) is 22.0. The molecule has 1 aliphatic carbocycles. The van der Waals surface area contributed by atoms with Gasteiger partial charge in [0.2, 0.25) is 5.91 Å². The Morgan fingerprint density at radius 3 is 2.48 bits per heavy atom. The Labute approximate surface area is 129 Å². The molecule has 5 heteroatoms. The maximum absolute atomic E-state index is 12.1. The van der Waals surface area contributed by atoms with Gasteiger partial charge in [0.05, 0.1) is 6.10 Å². The fraction of sp³-hybridized carbons (Fsp3) is 0.625. The number of thiophene rings is 1. The van der Waals surface area contributed by atoms with Crippen LogP contribution in [0.4, 0.5) is 0 Å². The van der Waals surface area contributed by atoms with E-state index in [0.717, 1.165) is 41.0 Å². The summed E-state index contributed by atoms with van der Waals surface area (Å²) in [5, 5.41) is 12.4. The van der Waals surface area contributed by atoms with Gasteiger partial charge in [0, 0.05) is 34.2 Å². The second kappa shape index (κ2) is 7.18. The van der Waals surface area contributed by atoms with Gasteiger partial charge in [-0.05, 0) is 45.6 Å². The SMILES string of the molecule is Cc1cc(C(=O)CCC(=O)NC2CCC(O)CC2)c(C)s1. The Hall–Kier alpha value is -1.20. The summed E-state index contributed by atoms with van der Waals surface area (Å²) in [7, 11) is 0. The topological polar surface area (TPSA) is 66.4 Å². The lowest BCUT2D eigenvalue weighted by molar-refractivity contribution is -0.122. The largest absolute Gasteiger partial charge is 0.393 e. The summed E-state index contributed by atoms with van der Waals surface area (Å²) in [6.07, 6.45) is 3.43. The monoisotopic (exact) mass is 309 g/mol. The molecule has 2 N–H and O–H groups in total. The van der Waals surface area contributed by atoms with E-state index in [4.69, 9.17) is 0 Å². The van der Waals surface area contributed by atoms with Crippen molar-refractivity contribution in [3.63, 3.8) is 0 Å². The van der Waals surface area contributed by atoms with Crippen molar-refractivity contribution >= 4 is 23.0 Å². The molecular formula is C16H23NO3S. The minimum Gasteiger partial charge on any atom is -0.393 e. The van der Waals surface area contributed by atoms with Crippen molar-refractivity contribution in [1.82, 2.24) is 5.32 Å². The standard InChI is InChI=1S/C16H23NO3S/c1-10-9-14(11(2)21-10)15(19)7-8-16(20)17-12-3-5-13(18)6-4-12/h9,12-13,18H,3-8H2,1-2H3,(H,17,20). The van der Waals surface area contributed by atoms with E-state index in [-0.39, 0.29) is 36.7 Å². The van der Waals surface area contributed by atoms with Crippen molar-refractivity contribution < 1.29 is 14.7 Å². The van der Waals surface area contributed by atoms with Crippen molar-refractivity contribution in [3.8, 4) is 0 Å². The second-order valence-corrected chi connectivity index (χ2v) is 7.28. The molecule has 0 saturated heterocycles. The van der Waals surface area contributed by atoms with E-state index in [1.54, 1.807) is 11.3 Å². The van der Waals surface area contributed by atoms with Gasteiger partial charge in [0.15, 0.2) is 5.78 Å². The van der Waals surface area contributed by atoms with Gasteiger partial charge in [0.1, 0.15) is 0 Å². The molecule has 4 nitrogen and oxygen atoms in total. The highest BCUT2D eigenvalue weighted by Gasteiger charge is 2.21.